The van der Waals surface area contributed by atoms with Crippen LogP contribution in [0.15, 0.2) is 30.3 Å². The number of hydrogen-bond donors (Lipinski definition) is 2. The number of carbonyl (C=O) groups excluding carboxylic acids is 1. The van der Waals surface area contributed by atoms with Gasteiger partial charge in [0.2, 0.25) is 5.91 Å². The number of halogens is 1. The molecule has 0 heterocycles. The van der Waals surface area contributed by atoms with Crippen LogP contribution < -0.4 is 5.32 Å². The van der Waals surface area contributed by atoms with Gasteiger partial charge in [0, 0.05) is 13.1 Å². The maximum absolute atomic E-state index is 12.0. The van der Waals surface area contributed by atoms with Gasteiger partial charge in [0.05, 0.1) is 12.6 Å². The molecule has 0 aliphatic carbocycles. The summed E-state index contributed by atoms with van der Waals surface area (Å²) in [4.78, 5) is 13.6. The molecule has 0 saturated carbocycles. The van der Waals surface area contributed by atoms with E-state index in [1.54, 1.807) is 11.9 Å². The molecule has 0 spiro atoms. The first-order chi connectivity index (χ1) is 8.67. The van der Waals surface area contributed by atoms with E-state index in [2.05, 4.69) is 5.32 Å². The smallest absolute Gasteiger partial charge is 0.236 e. The second-order valence-corrected chi connectivity index (χ2v) is 4.35. The molecule has 108 valence electrons. The topological polar surface area (TPSA) is 52.6 Å². The van der Waals surface area contributed by atoms with Gasteiger partial charge in [0.25, 0.3) is 0 Å². The Hall–Kier alpha value is -1.10. The zero-order valence-electron chi connectivity index (χ0n) is 11.5. The lowest BCUT2D eigenvalue weighted by atomic mass is 10.2. The Labute approximate surface area is 121 Å². The van der Waals surface area contributed by atoms with Gasteiger partial charge in [-0.3, -0.25) is 4.79 Å². The second kappa shape index (κ2) is 9.78. The van der Waals surface area contributed by atoms with Crippen LogP contribution in [0.2, 0.25) is 0 Å². The van der Waals surface area contributed by atoms with E-state index in [-0.39, 0.29) is 18.3 Å². The van der Waals surface area contributed by atoms with E-state index < -0.39 is 6.10 Å². The number of likely N-dealkylation sites (N-methyl/N-ethyl adjacent to an activating group) is 1. The van der Waals surface area contributed by atoms with Gasteiger partial charge in [-0.25, -0.2) is 0 Å². The van der Waals surface area contributed by atoms with E-state index in [0.29, 0.717) is 26.1 Å². The predicted octanol–water partition coefficient (Wildman–Crippen LogP) is 1.43. The van der Waals surface area contributed by atoms with Crippen molar-refractivity contribution in [1.82, 2.24) is 10.2 Å². The minimum atomic E-state index is -0.463. The highest BCUT2D eigenvalue weighted by Crippen LogP contribution is 2.06. The number of carbonyl (C=O) groups is 1. The zero-order chi connectivity index (χ0) is 13.4. The molecule has 19 heavy (non-hydrogen) atoms. The fourth-order valence-corrected chi connectivity index (χ4v) is 1.70. The molecular weight excluding hydrogens is 264 g/mol. The number of hydrogen-bond acceptors (Lipinski definition) is 3. The van der Waals surface area contributed by atoms with E-state index in [1.165, 1.54) is 0 Å². The Morgan fingerprint density at radius 2 is 2.00 bits per heavy atom. The summed E-state index contributed by atoms with van der Waals surface area (Å²) in [5.74, 6) is 0.00820. The lowest BCUT2D eigenvalue weighted by Crippen LogP contribution is -2.41. The fourth-order valence-electron chi connectivity index (χ4n) is 1.70. The lowest BCUT2D eigenvalue weighted by Gasteiger charge is -2.25. The van der Waals surface area contributed by atoms with Gasteiger partial charge in [-0.15, -0.1) is 12.4 Å². The van der Waals surface area contributed by atoms with Crippen LogP contribution in [-0.2, 0) is 11.3 Å². The molecule has 0 aliphatic heterocycles. The van der Waals surface area contributed by atoms with Crippen molar-refractivity contribution < 1.29 is 9.90 Å². The number of aliphatic hydroxyl groups is 1. The van der Waals surface area contributed by atoms with E-state index in [4.69, 9.17) is 0 Å². The van der Waals surface area contributed by atoms with E-state index in [1.807, 2.05) is 37.3 Å². The number of aliphatic hydroxyl groups excluding tert-OH is 1. The maximum atomic E-state index is 12.0. The Balaban J connectivity index is 0.00000324. The average Bonchev–Trinajstić information content (AvgIpc) is 2.39. The molecular formula is C14H23ClN2O2. The standard InChI is InChI=1S/C14H22N2O2.ClH/c1-3-13(17)11-16(14(18)9-15-2)10-12-7-5-4-6-8-12;/h4-8,13,15,17H,3,9-11H2,1-2H3;1H. The highest BCUT2D eigenvalue weighted by molar-refractivity contribution is 5.85. The summed E-state index contributed by atoms with van der Waals surface area (Å²) < 4.78 is 0. The molecule has 1 atom stereocenters. The molecule has 0 radical (unpaired) electrons. The summed E-state index contributed by atoms with van der Waals surface area (Å²) in [6, 6.07) is 9.82. The second-order valence-electron chi connectivity index (χ2n) is 4.35. The molecule has 4 nitrogen and oxygen atoms in total. The van der Waals surface area contributed by atoms with Crippen LogP contribution in [0.25, 0.3) is 0 Å². The van der Waals surface area contributed by atoms with Crippen molar-refractivity contribution in [3.05, 3.63) is 35.9 Å². The molecule has 1 aromatic rings. The SMILES string of the molecule is CCC(O)CN(Cc1ccccc1)C(=O)CNC.Cl. The Bertz CT molecular complexity index is 360. The van der Waals surface area contributed by atoms with Gasteiger partial charge in [-0.2, -0.15) is 0 Å². The van der Waals surface area contributed by atoms with Crippen molar-refractivity contribution in [2.24, 2.45) is 0 Å². The van der Waals surface area contributed by atoms with Crippen LogP contribution in [0.4, 0.5) is 0 Å². The number of nitrogens with zero attached hydrogens (tertiary/aromatic N) is 1. The average molecular weight is 287 g/mol. The monoisotopic (exact) mass is 286 g/mol. The molecule has 0 saturated heterocycles. The molecule has 5 heteroatoms. The Morgan fingerprint density at radius 3 is 2.53 bits per heavy atom. The summed E-state index contributed by atoms with van der Waals surface area (Å²) in [6.07, 6.45) is 0.188. The quantitative estimate of drug-likeness (QED) is 0.797. The summed E-state index contributed by atoms with van der Waals surface area (Å²) in [7, 11) is 1.74. The lowest BCUT2D eigenvalue weighted by molar-refractivity contribution is -0.132. The van der Waals surface area contributed by atoms with Crippen molar-refractivity contribution in [3.63, 3.8) is 0 Å². The van der Waals surface area contributed by atoms with Crippen molar-refractivity contribution in [2.45, 2.75) is 26.0 Å². The Kier molecular flexibility index (Phi) is 9.21. The highest BCUT2D eigenvalue weighted by atomic mass is 35.5. The third-order valence-corrected chi connectivity index (χ3v) is 2.80. The third-order valence-electron chi connectivity index (χ3n) is 2.80. The number of benzene rings is 1. The molecule has 0 fully saturated rings. The van der Waals surface area contributed by atoms with Gasteiger partial charge < -0.3 is 15.3 Å². The maximum Gasteiger partial charge on any atom is 0.236 e. The van der Waals surface area contributed by atoms with Gasteiger partial charge >= 0.3 is 0 Å². The molecule has 1 aromatic carbocycles. The number of nitrogens with one attached hydrogen (secondary N) is 1. The minimum absolute atomic E-state index is 0. The molecule has 0 bridgehead atoms. The molecule has 0 aliphatic rings. The van der Waals surface area contributed by atoms with Crippen LogP contribution in [0.5, 0.6) is 0 Å². The van der Waals surface area contributed by atoms with Crippen molar-refractivity contribution in [1.29, 1.82) is 0 Å². The van der Waals surface area contributed by atoms with Crippen LogP contribution >= 0.6 is 12.4 Å². The van der Waals surface area contributed by atoms with E-state index in [9.17, 15) is 9.90 Å². The first-order valence-corrected chi connectivity index (χ1v) is 6.31. The van der Waals surface area contributed by atoms with Gasteiger partial charge in [0.1, 0.15) is 0 Å². The zero-order valence-corrected chi connectivity index (χ0v) is 12.3. The van der Waals surface area contributed by atoms with Crippen LogP contribution in [-0.4, -0.2) is 42.2 Å². The normalized spacial score (nSPS) is 11.5. The minimum Gasteiger partial charge on any atom is -0.391 e. The molecule has 1 rings (SSSR count). The molecule has 2 N–H and O–H groups in total. The number of rotatable bonds is 7. The summed E-state index contributed by atoms with van der Waals surface area (Å²) in [5.41, 5.74) is 1.07. The van der Waals surface area contributed by atoms with E-state index >= 15 is 0 Å². The summed E-state index contributed by atoms with van der Waals surface area (Å²) in [6.45, 7) is 3.13. The summed E-state index contributed by atoms with van der Waals surface area (Å²) in [5, 5.41) is 12.6. The highest BCUT2D eigenvalue weighted by Gasteiger charge is 2.16. The van der Waals surface area contributed by atoms with Gasteiger partial charge in [0.15, 0.2) is 0 Å². The van der Waals surface area contributed by atoms with Crippen LogP contribution in [0.1, 0.15) is 18.9 Å². The van der Waals surface area contributed by atoms with Gasteiger partial charge in [-0.05, 0) is 19.0 Å². The molecule has 1 unspecified atom stereocenters. The van der Waals surface area contributed by atoms with Crippen molar-refractivity contribution >= 4 is 18.3 Å². The van der Waals surface area contributed by atoms with Crippen LogP contribution in [0, 0.1) is 0 Å². The largest absolute Gasteiger partial charge is 0.391 e. The van der Waals surface area contributed by atoms with E-state index in [0.717, 1.165) is 5.56 Å². The molecule has 0 aromatic heterocycles. The fraction of sp³-hybridized carbons (Fsp3) is 0.500. The Morgan fingerprint density at radius 1 is 1.37 bits per heavy atom. The van der Waals surface area contributed by atoms with Crippen molar-refractivity contribution in [2.75, 3.05) is 20.1 Å². The van der Waals surface area contributed by atoms with Crippen LogP contribution in [0.3, 0.4) is 0 Å². The van der Waals surface area contributed by atoms with Gasteiger partial charge in [-0.1, -0.05) is 37.3 Å². The first-order valence-electron chi connectivity index (χ1n) is 6.31. The predicted molar refractivity (Wildman–Crippen MR) is 79.3 cm³/mol. The number of amides is 1. The van der Waals surface area contributed by atoms with Crippen molar-refractivity contribution in [3.8, 4) is 0 Å². The third kappa shape index (κ3) is 6.57. The first kappa shape index (κ1) is 17.9. The molecule has 1 amide bonds. The summed E-state index contributed by atoms with van der Waals surface area (Å²) >= 11 is 0.